The second-order valence-corrected chi connectivity index (χ2v) is 3.42. The Morgan fingerprint density at radius 2 is 2.00 bits per heavy atom. The number of hydrogen-bond acceptors (Lipinski definition) is 1. The van der Waals surface area contributed by atoms with Crippen molar-refractivity contribution in [3.05, 3.63) is 33.3 Å². The summed E-state index contributed by atoms with van der Waals surface area (Å²) in [6.45, 7) is 4.01. The maximum absolute atomic E-state index is 10.4. The molecule has 0 aromatic heterocycles. The van der Waals surface area contributed by atoms with Crippen molar-refractivity contribution in [2.45, 2.75) is 13.8 Å². The van der Waals surface area contributed by atoms with Gasteiger partial charge < -0.3 is 0 Å². The van der Waals surface area contributed by atoms with Crippen LogP contribution in [0.3, 0.4) is 0 Å². The third kappa shape index (κ3) is 1.69. The van der Waals surface area contributed by atoms with Crippen LogP contribution in [0.2, 0.25) is 0 Å². The Morgan fingerprint density at radius 3 is 2.45 bits per heavy atom. The summed E-state index contributed by atoms with van der Waals surface area (Å²) in [6.07, 6.45) is 0.858. The molecule has 0 aliphatic heterocycles. The second-order valence-electron chi connectivity index (χ2n) is 2.56. The van der Waals surface area contributed by atoms with Crippen LogP contribution in [0.4, 0.5) is 0 Å². The first kappa shape index (κ1) is 8.47. The Balaban J connectivity index is 3.31. The van der Waals surface area contributed by atoms with Gasteiger partial charge >= 0.3 is 0 Å². The number of rotatable bonds is 1. The lowest BCUT2D eigenvalue weighted by Gasteiger charge is -2.02. The Morgan fingerprint density at radius 1 is 1.36 bits per heavy atom. The number of aryl methyl sites for hydroxylation is 1. The number of benzene rings is 1. The maximum atomic E-state index is 10.4. The second kappa shape index (κ2) is 3.18. The van der Waals surface area contributed by atoms with Gasteiger partial charge in [0.1, 0.15) is 6.29 Å². The molecule has 1 aromatic carbocycles. The normalized spacial score (nSPS) is 9.73. The van der Waals surface area contributed by atoms with E-state index in [2.05, 4.69) is 15.9 Å². The van der Waals surface area contributed by atoms with Gasteiger partial charge in [-0.25, -0.2) is 0 Å². The standard InChI is InChI=1S/C9H9BrO/c1-6-3-8(5-11)4-9(10)7(6)2/h3-5H,1-2H3. The molecule has 1 rings (SSSR count). The van der Waals surface area contributed by atoms with Gasteiger partial charge in [-0.2, -0.15) is 0 Å². The van der Waals surface area contributed by atoms with Crippen LogP contribution in [-0.4, -0.2) is 6.29 Å². The summed E-state index contributed by atoms with van der Waals surface area (Å²) in [6, 6.07) is 3.71. The third-order valence-electron chi connectivity index (χ3n) is 1.76. The van der Waals surface area contributed by atoms with Crippen LogP contribution in [0.5, 0.6) is 0 Å². The zero-order chi connectivity index (χ0) is 8.43. The summed E-state index contributed by atoms with van der Waals surface area (Å²) < 4.78 is 1.000. The van der Waals surface area contributed by atoms with Crippen molar-refractivity contribution in [1.82, 2.24) is 0 Å². The van der Waals surface area contributed by atoms with Crippen molar-refractivity contribution in [2.24, 2.45) is 0 Å². The van der Waals surface area contributed by atoms with Crippen LogP contribution in [0.25, 0.3) is 0 Å². The van der Waals surface area contributed by atoms with Gasteiger partial charge in [-0.05, 0) is 37.1 Å². The molecule has 58 valence electrons. The molecule has 0 saturated heterocycles. The van der Waals surface area contributed by atoms with E-state index in [0.717, 1.165) is 21.9 Å². The van der Waals surface area contributed by atoms with Crippen molar-refractivity contribution in [3.8, 4) is 0 Å². The molecule has 0 bridgehead atoms. The van der Waals surface area contributed by atoms with Crippen LogP contribution < -0.4 is 0 Å². The minimum atomic E-state index is 0.722. The van der Waals surface area contributed by atoms with Gasteiger partial charge in [0, 0.05) is 10.0 Å². The van der Waals surface area contributed by atoms with E-state index in [0.29, 0.717) is 0 Å². The van der Waals surface area contributed by atoms with Gasteiger partial charge in [-0.3, -0.25) is 4.79 Å². The van der Waals surface area contributed by atoms with Crippen molar-refractivity contribution in [3.63, 3.8) is 0 Å². The number of carbonyl (C=O) groups excluding carboxylic acids is 1. The van der Waals surface area contributed by atoms with Gasteiger partial charge in [-0.1, -0.05) is 15.9 Å². The number of aldehydes is 1. The highest BCUT2D eigenvalue weighted by Gasteiger charge is 1.99. The first-order chi connectivity index (χ1) is 5.15. The van der Waals surface area contributed by atoms with Gasteiger partial charge in [0.05, 0.1) is 0 Å². The van der Waals surface area contributed by atoms with Gasteiger partial charge in [0.25, 0.3) is 0 Å². The quantitative estimate of drug-likeness (QED) is 0.655. The average molecular weight is 213 g/mol. The molecule has 0 heterocycles. The molecule has 1 aromatic rings. The van der Waals surface area contributed by atoms with E-state index in [1.54, 1.807) is 0 Å². The molecule has 0 fully saturated rings. The largest absolute Gasteiger partial charge is 0.298 e. The van der Waals surface area contributed by atoms with E-state index in [1.807, 2.05) is 26.0 Å². The smallest absolute Gasteiger partial charge is 0.150 e. The van der Waals surface area contributed by atoms with Crippen molar-refractivity contribution < 1.29 is 4.79 Å². The SMILES string of the molecule is Cc1cc(C=O)cc(Br)c1C. The fourth-order valence-electron chi connectivity index (χ4n) is 0.911. The van der Waals surface area contributed by atoms with Crippen molar-refractivity contribution in [2.75, 3.05) is 0 Å². The summed E-state index contributed by atoms with van der Waals surface area (Å²) in [5.74, 6) is 0. The minimum Gasteiger partial charge on any atom is -0.298 e. The third-order valence-corrected chi connectivity index (χ3v) is 2.59. The van der Waals surface area contributed by atoms with E-state index in [4.69, 9.17) is 0 Å². The molecule has 0 atom stereocenters. The van der Waals surface area contributed by atoms with Crippen LogP contribution in [0.1, 0.15) is 21.5 Å². The summed E-state index contributed by atoms with van der Waals surface area (Å²) in [5.41, 5.74) is 3.05. The summed E-state index contributed by atoms with van der Waals surface area (Å²) in [5, 5.41) is 0. The molecule has 0 amide bonds. The first-order valence-corrected chi connectivity index (χ1v) is 4.16. The molecule has 11 heavy (non-hydrogen) atoms. The summed E-state index contributed by atoms with van der Waals surface area (Å²) in [7, 11) is 0. The molecule has 0 unspecified atom stereocenters. The Kier molecular flexibility index (Phi) is 2.45. The highest BCUT2D eigenvalue weighted by molar-refractivity contribution is 9.10. The molecule has 0 radical (unpaired) electrons. The highest BCUT2D eigenvalue weighted by Crippen LogP contribution is 2.20. The maximum Gasteiger partial charge on any atom is 0.150 e. The van der Waals surface area contributed by atoms with E-state index in [1.165, 1.54) is 5.56 Å². The van der Waals surface area contributed by atoms with Crippen LogP contribution >= 0.6 is 15.9 Å². The molecule has 2 heteroatoms. The van der Waals surface area contributed by atoms with E-state index in [9.17, 15) is 4.79 Å². The Bertz CT molecular complexity index is 269. The van der Waals surface area contributed by atoms with Gasteiger partial charge in [-0.15, -0.1) is 0 Å². The van der Waals surface area contributed by atoms with Crippen LogP contribution in [0, 0.1) is 13.8 Å². The lowest BCUT2D eigenvalue weighted by atomic mass is 10.1. The molecule has 0 spiro atoms. The van der Waals surface area contributed by atoms with Crippen molar-refractivity contribution >= 4 is 22.2 Å². The zero-order valence-corrected chi connectivity index (χ0v) is 8.10. The average Bonchev–Trinajstić information content (AvgIpc) is 1.99. The number of carbonyl (C=O) groups is 1. The molecule has 1 nitrogen and oxygen atoms in total. The highest BCUT2D eigenvalue weighted by atomic mass is 79.9. The molecule has 0 N–H and O–H groups in total. The molecular formula is C9H9BrO. The Labute approximate surface area is 74.6 Å². The van der Waals surface area contributed by atoms with Gasteiger partial charge in [0.15, 0.2) is 0 Å². The predicted octanol–water partition coefficient (Wildman–Crippen LogP) is 2.88. The molecule has 0 aliphatic carbocycles. The topological polar surface area (TPSA) is 17.1 Å². The van der Waals surface area contributed by atoms with Gasteiger partial charge in [0.2, 0.25) is 0 Å². The predicted molar refractivity (Wildman–Crippen MR) is 49.0 cm³/mol. The summed E-state index contributed by atoms with van der Waals surface area (Å²) in [4.78, 5) is 10.4. The number of halogens is 1. The van der Waals surface area contributed by atoms with Crippen molar-refractivity contribution in [1.29, 1.82) is 0 Å². The van der Waals surface area contributed by atoms with E-state index >= 15 is 0 Å². The summed E-state index contributed by atoms with van der Waals surface area (Å²) >= 11 is 3.38. The number of hydrogen-bond donors (Lipinski definition) is 0. The fourth-order valence-corrected chi connectivity index (χ4v) is 1.49. The monoisotopic (exact) mass is 212 g/mol. The Hall–Kier alpha value is -0.630. The minimum absolute atomic E-state index is 0.722. The lowest BCUT2D eigenvalue weighted by molar-refractivity contribution is 0.112. The van der Waals surface area contributed by atoms with Crippen LogP contribution in [-0.2, 0) is 0 Å². The molecule has 0 saturated carbocycles. The lowest BCUT2D eigenvalue weighted by Crippen LogP contribution is -1.87. The first-order valence-electron chi connectivity index (χ1n) is 3.37. The van der Waals surface area contributed by atoms with Crippen LogP contribution in [0.15, 0.2) is 16.6 Å². The zero-order valence-electron chi connectivity index (χ0n) is 6.52. The fraction of sp³-hybridized carbons (Fsp3) is 0.222. The molecular weight excluding hydrogens is 204 g/mol. The van der Waals surface area contributed by atoms with E-state index < -0.39 is 0 Å². The van der Waals surface area contributed by atoms with E-state index in [-0.39, 0.29) is 0 Å². The molecule has 0 aliphatic rings.